The maximum absolute atomic E-state index is 15.6. The van der Waals surface area contributed by atoms with Gasteiger partial charge in [0.1, 0.15) is 28.7 Å². The second-order valence-corrected chi connectivity index (χ2v) is 17.0. The summed E-state index contributed by atoms with van der Waals surface area (Å²) in [5, 5.41) is 13.3. The van der Waals surface area contributed by atoms with Gasteiger partial charge in [-0.15, -0.1) is 0 Å². The number of benzene rings is 5. The summed E-state index contributed by atoms with van der Waals surface area (Å²) in [4.78, 5) is 61.3. The Hall–Kier alpha value is -6.76. The number of hydrogen-bond acceptors (Lipinski definition) is 10. The number of aromatic hydroxyl groups is 1. The number of imide groups is 2. The van der Waals surface area contributed by atoms with Gasteiger partial charge in [-0.25, -0.2) is 0 Å². The zero-order valence-corrected chi connectivity index (χ0v) is 36.7. The van der Waals surface area contributed by atoms with Gasteiger partial charge in [-0.05, 0) is 109 Å². The summed E-state index contributed by atoms with van der Waals surface area (Å²) in [6.07, 6.45) is 5.95. The van der Waals surface area contributed by atoms with Crippen LogP contribution in [0, 0.1) is 23.7 Å². The molecule has 12 nitrogen and oxygen atoms in total. The Kier molecular flexibility index (Phi) is 11.1. The van der Waals surface area contributed by atoms with E-state index in [4.69, 9.17) is 42.1 Å². The molecule has 5 aromatic rings. The van der Waals surface area contributed by atoms with Crippen LogP contribution < -0.4 is 29.3 Å². The van der Waals surface area contributed by atoms with Gasteiger partial charge >= 0.3 is 0 Å². The third-order valence-electron chi connectivity index (χ3n) is 13.2. The molecule has 0 bridgehead atoms. The van der Waals surface area contributed by atoms with Crippen molar-refractivity contribution in [1.82, 2.24) is 5.01 Å². The van der Waals surface area contributed by atoms with Gasteiger partial charge in [-0.2, -0.15) is 5.01 Å². The molecule has 2 N–H and O–H groups in total. The van der Waals surface area contributed by atoms with Gasteiger partial charge in [0.2, 0.25) is 11.8 Å². The predicted octanol–water partition coefficient (Wildman–Crippen LogP) is 9.09. The topological polar surface area (TPSA) is 144 Å². The smallest absolute Gasteiger partial charge is 0.260 e. The second-order valence-electron chi connectivity index (χ2n) is 16.2. The predicted molar refractivity (Wildman–Crippen MR) is 243 cm³/mol. The quantitative estimate of drug-likeness (QED) is 0.0749. The Morgan fingerprint density at radius 2 is 1.41 bits per heavy atom. The van der Waals surface area contributed by atoms with Crippen molar-refractivity contribution < 1.29 is 43.2 Å². The molecule has 2 heterocycles. The van der Waals surface area contributed by atoms with Gasteiger partial charge in [0.15, 0.2) is 0 Å². The minimum Gasteiger partial charge on any atom is -0.508 e. The van der Waals surface area contributed by atoms with E-state index in [1.807, 2.05) is 48.6 Å². The standard InChI is InChI=1S/C50H43Cl2N3O9/c1-61-32-14-9-29(10-15-32)50-39(47(58)55(49(50)60)53-41-20-11-30(51)24-40(41)52)26-37-35(45(50)38-25-34(63-3)16-21-42(38)56)18-19-36-44(37)48(59)54(46(36)57)31-12-6-27(7-13-31)5-8-28-23-33(62-2)17-22-43(28)64-4/h5-18,20-25,36-37,39,44-45,53,56H,19,26H2,1-4H3/t36-,37+,39-,44-,45+,50+/m0/s1. The molecule has 14 heteroatoms. The van der Waals surface area contributed by atoms with Gasteiger partial charge in [0.25, 0.3) is 11.8 Å². The van der Waals surface area contributed by atoms with Gasteiger partial charge in [-0.1, -0.05) is 71.3 Å². The molecule has 326 valence electrons. The molecule has 0 spiro atoms. The lowest BCUT2D eigenvalue weighted by molar-refractivity contribution is -0.138. The number of halogens is 2. The summed E-state index contributed by atoms with van der Waals surface area (Å²) in [7, 11) is 6.22. The van der Waals surface area contributed by atoms with E-state index in [9.17, 15) is 14.7 Å². The third kappa shape index (κ3) is 6.83. The largest absolute Gasteiger partial charge is 0.508 e. The fraction of sp³-hybridized carbons (Fsp3) is 0.240. The van der Waals surface area contributed by atoms with Gasteiger partial charge in [0.05, 0.1) is 68.0 Å². The molecule has 5 aromatic carbocycles. The highest BCUT2D eigenvalue weighted by Crippen LogP contribution is 2.65. The Morgan fingerprint density at radius 1 is 0.719 bits per heavy atom. The molecule has 0 aromatic heterocycles. The van der Waals surface area contributed by atoms with Crippen molar-refractivity contribution in [2.75, 3.05) is 38.8 Å². The lowest BCUT2D eigenvalue weighted by Crippen LogP contribution is -2.53. The number of carbonyl (C=O) groups is 4. The first-order valence-electron chi connectivity index (χ1n) is 20.6. The molecule has 3 fully saturated rings. The Balaban J connectivity index is 1.13. The molecule has 2 aliphatic carbocycles. The summed E-state index contributed by atoms with van der Waals surface area (Å²) in [6.45, 7) is 0. The number of rotatable bonds is 11. The highest BCUT2D eigenvalue weighted by Gasteiger charge is 2.70. The zero-order valence-electron chi connectivity index (χ0n) is 35.2. The molecule has 1 saturated carbocycles. The van der Waals surface area contributed by atoms with Crippen LogP contribution in [-0.4, -0.2) is 62.2 Å². The van der Waals surface area contributed by atoms with Crippen molar-refractivity contribution in [1.29, 1.82) is 0 Å². The zero-order chi connectivity index (χ0) is 45.0. The van der Waals surface area contributed by atoms with Crippen molar-refractivity contribution in [2.24, 2.45) is 23.7 Å². The normalized spacial score (nSPS) is 23.7. The monoisotopic (exact) mass is 899 g/mol. The van der Waals surface area contributed by atoms with Crippen LogP contribution in [0.2, 0.25) is 10.0 Å². The van der Waals surface area contributed by atoms with Crippen LogP contribution in [0.1, 0.15) is 41.0 Å². The van der Waals surface area contributed by atoms with Crippen molar-refractivity contribution in [3.05, 3.63) is 147 Å². The molecule has 9 rings (SSSR count). The number of phenolic OH excluding ortho intramolecular Hbond substituents is 1. The van der Waals surface area contributed by atoms with Gasteiger partial charge < -0.3 is 24.1 Å². The third-order valence-corrected chi connectivity index (χ3v) is 13.7. The first kappa shape index (κ1) is 42.5. The van der Waals surface area contributed by atoms with Crippen molar-refractivity contribution in [3.63, 3.8) is 0 Å². The molecule has 2 saturated heterocycles. The van der Waals surface area contributed by atoms with Crippen LogP contribution >= 0.6 is 23.2 Å². The average molecular weight is 901 g/mol. The Morgan fingerprint density at radius 3 is 2.09 bits per heavy atom. The average Bonchev–Trinajstić information content (AvgIpc) is 3.69. The number of phenols is 1. The minimum atomic E-state index is -1.67. The summed E-state index contributed by atoms with van der Waals surface area (Å²) >= 11 is 12.8. The molecule has 0 unspecified atom stereocenters. The Labute approximate surface area is 379 Å². The molecular formula is C50H43Cl2N3O9. The van der Waals surface area contributed by atoms with E-state index in [1.165, 1.54) is 31.3 Å². The van der Waals surface area contributed by atoms with Crippen LogP contribution in [0.3, 0.4) is 0 Å². The number of allylic oxidation sites excluding steroid dienone is 2. The summed E-state index contributed by atoms with van der Waals surface area (Å²) < 4.78 is 22.1. The number of fused-ring (bicyclic) bond motifs is 4. The maximum Gasteiger partial charge on any atom is 0.260 e. The van der Waals surface area contributed by atoms with Crippen LogP contribution in [-0.2, 0) is 24.6 Å². The highest BCUT2D eigenvalue weighted by atomic mass is 35.5. The molecule has 4 amide bonds. The van der Waals surface area contributed by atoms with Crippen molar-refractivity contribution in [2.45, 2.75) is 24.2 Å². The van der Waals surface area contributed by atoms with Crippen LogP contribution in [0.15, 0.2) is 115 Å². The fourth-order valence-corrected chi connectivity index (χ4v) is 10.7. The van der Waals surface area contributed by atoms with Gasteiger partial charge in [0, 0.05) is 22.1 Å². The molecule has 6 atom stereocenters. The van der Waals surface area contributed by atoms with Crippen LogP contribution in [0.5, 0.6) is 28.7 Å². The minimum absolute atomic E-state index is 0.0433. The fourth-order valence-electron chi connectivity index (χ4n) is 10.2. The lowest BCUT2D eigenvalue weighted by Gasteiger charge is -2.50. The highest BCUT2D eigenvalue weighted by molar-refractivity contribution is 6.36. The van der Waals surface area contributed by atoms with E-state index >= 15 is 9.59 Å². The van der Waals surface area contributed by atoms with Crippen LogP contribution in [0.4, 0.5) is 11.4 Å². The van der Waals surface area contributed by atoms with Crippen LogP contribution in [0.25, 0.3) is 12.2 Å². The van der Waals surface area contributed by atoms with E-state index in [-0.39, 0.29) is 35.2 Å². The number of ether oxygens (including phenoxy) is 4. The number of amides is 4. The Bertz CT molecular complexity index is 2770. The number of carbonyl (C=O) groups excluding carboxylic acids is 4. The summed E-state index contributed by atoms with van der Waals surface area (Å²) in [6, 6.07) is 29.0. The van der Waals surface area contributed by atoms with E-state index < -0.39 is 52.7 Å². The second kappa shape index (κ2) is 16.7. The van der Waals surface area contributed by atoms with Gasteiger partial charge in [-0.3, -0.25) is 29.5 Å². The number of methoxy groups -OCH3 is 4. The molecule has 64 heavy (non-hydrogen) atoms. The molecule has 4 aliphatic rings. The molecule has 2 aliphatic heterocycles. The van der Waals surface area contributed by atoms with E-state index in [0.29, 0.717) is 50.4 Å². The number of hydrazine groups is 1. The van der Waals surface area contributed by atoms with E-state index in [0.717, 1.165) is 16.1 Å². The number of anilines is 2. The number of nitrogens with one attached hydrogen (secondary N) is 1. The molecular weight excluding hydrogens is 857 g/mol. The lowest BCUT2D eigenvalue weighted by atomic mass is 9.49. The molecule has 0 radical (unpaired) electrons. The van der Waals surface area contributed by atoms with E-state index in [2.05, 4.69) is 5.43 Å². The van der Waals surface area contributed by atoms with Crippen molar-refractivity contribution in [3.8, 4) is 28.7 Å². The SMILES string of the molecule is COc1ccc([C@@]23C(=O)N(Nc4ccc(Cl)cc4Cl)C(=O)[C@@H]2C[C@@H]2C(=CC[C@@H]4C(=O)N(c5ccc(C=Cc6cc(OC)ccc6OC)cc5)C(=O)[C@@H]42)[C@@H]3c2cc(OC)ccc2O)cc1. The van der Waals surface area contributed by atoms with Crippen molar-refractivity contribution >= 4 is 70.4 Å². The number of hydrogen-bond donors (Lipinski definition) is 2. The summed E-state index contributed by atoms with van der Waals surface area (Å²) in [5.74, 6) is -4.14. The first-order valence-corrected chi connectivity index (χ1v) is 21.4. The first-order chi connectivity index (χ1) is 30.9. The summed E-state index contributed by atoms with van der Waals surface area (Å²) in [5.41, 5.74) is 5.11. The maximum atomic E-state index is 15.6. The van der Waals surface area contributed by atoms with E-state index in [1.54, 1.807) is 74.9 Å². The number of nitrogens with zero attached hydrogens (tertiary/aromatic N) is 2.